The van der Waals surface area contributed by atoms with Crippen molar-refractivity contribution in [1.82, 2.24) is 10.2 Å². The van der Waals surface area contributed by atoms with Gasteiger partial charge in [-0.1, -0.05) is 35.9 Å². The zero-order valence-corrected chi connectivity index (χ0v) is 14.8. The van der Waals surface area contributed by atoms with Crippen LogP contribution in [-0.2, 0) is 15.7 Å². The molecule has 130 valence electrons. The number of hydrogen-bond donors (Lipinski definition) is 2. The molecule has 2 aromatic rings. The molecule has 6 nitrogen and oxygen atoms in total. The van der Waals surface area contributed by atoms with Gasteiger partial charge < -0.3 is 4.90 Å². The molecule has 4 rings (SSSR count). The van der Waals surface area contributed by atoms with E-state index in [-0.39, 0.29) is 15.8 Å². The Kier molecular flexibility index (Phi) is 3.66. The number of amides is 1. The number of benzene rings is 2. The Morgan fingerprint density at radius 1 is 1.20 bits per heavy atom. The summed E-state index contributed by atoms with van der Waals surface area (Å²) in [6.45, 7) is 1.28. The number of sulfonamides is 1. The maximum Gasteiger partial charge on any atom is 0.256 e. The van der Waals surface area contributed by atoms with E-state index in [1.54, 1.807) is 17.0 Å². The van der Waals surface area contributed by atoms with E-state index in [0.29, 0.717) is 24.2 Å². The number of carbonyl (C=O) groups is 1. The summed E-state index contributed by atoms with van der Waals surface area (Å²) in [6, 6.07) is 12.1. The second-order valence-electron chi connectivity index (χ2n) is 6.18. The average molecular weight is 378 g/mol. The van der Waals surface area contributed by atoms with Gasteiger partial charge >= 0.3 is 0 Å². The lowest BCUT2D eigenvalue weighted by Crippen LogP contribution is -2.59. The lowest BCUT2D eigenvalue weighted by molar-refractivity contribution is 0.0457. The molecule has 1 atom stereocenters. The molecular formula is C17H16ClN3O3S. The lowest BCUT2D eigenvalue weighted by Gasteiger charge is -2.44. The predicted octanol–water partition coefficient (Wildman–Crippen LogP) is 1.64. The minimum atomic E-state index is -3.98. The van der Waals surface area contributed by atoms with Gasteiger partial charge in [-0.2, -0.15) is 0 Å². The highest BCUT2D eigenvalue weighted by molar-refractivity contribution is 7.89. The Morgan fingerprint density at radius 3 is 2.72 bits per heavy atom. The van der Waals surface area contributed by atoms with Crippen molar-refractivity contribution in [2.24, 2.45) is 5.14 Å². The Hall–Kier alpha value is -1.93. The van der Waals surface area contributed by atoms with Crippen LogP contribution in [0.3, 0.4) is 0 Å². The minimum Gasteiger partial charge on any atom is -0.312 e. The van der Waals surface area contributed by atoms with Gasteiger partial charge in [-0.3, -0.25) is 10.1 Å². The number of nitrogens with one attached hydrogen (secondary N) is 1. The molecule has 1 unspecified atom stereocenters. The lowest BCUT2D eigenvalue weighted by atomic mass is 9.89. The summed E-state index contributed by atoms with van der Waals surface area (Å²) < 4.78 is 23.8. The fraction of sp³-hybridized carbons (Fsp3) is 0.235. The number of rotatable bonds is 2. The summed E-state index contributed by atoms with van der Waals surface area (Å²) in [5.41, 5.74) is 1.14. The number of fused-ring (bicyclic) bond motifs is 3. The van der Waals surface area contributed by atoms with Crippen molar-refractivity contribution in [1.29, 1.82) is 0 Å². The number of halogens is 1. The van der Waals surface area contributed by atoms with Crippen molar-refractivity contribution < 1.29 is 13.2 Å². The van der Waals surface area contributed by atoms with Crippen molar-refractivity contribution in [3.05, 3.63) is 64.2 Å². The van der Waals surface area contributed by atoms with Crippen LogP contribution in [0.15, 0.2) is 47.4 Å². The summed E-state index contributed by atoms with van der Waals surface area (Å²) >= 11 is 6.03. The van der Waals surface area contributed by atoms with E-state index in [9.17, 15) is 13.2 Å². The van der Waals surface area contributed by atoms with Crippen LogP contribution in [0.5, 0.6) is 0 Å². The molecule has 3 N–H and O–H groups in total. The SMILES string of the molecule is NS(=O)(=O)c1cc(C23NCCCN2C(=O)c2ccccc23)ccc1Cl. The third-order valence-corrected chi connectivity index (χ3v) is 6.18. The van der Waals surface area contributed by atoms with Crippen molar-refractivity contribution in [3.8, 4) is 0 Å². The normalized spacial score (nSPS) is 22.6. The fourth-order valence-corrected chi connectivity index (χ4v) is 4.83. The Bertz CT molecular complexity index is 992. The summed E-state index contributed by atoms with van der Waals surface area (Å²) in [4.78, 5) is 14.5. The molecule has 2 aliphatic heterocycles. The molecule has 0 radical (unpaired) electrons. The molecule has 0 bridgehead atoms. The molecule has 0 spiro atoms. The molecule has 25 heavy (non-hydrogen) atoms. The molecular weight excluding hydrogens is 362 g/mol. The number of primary sulfonamides is 1. The second-order valence-corrected chi connectivity index (χ2v) is 8.12. The largest absolute Gasteiger partial charge is 0.312 e. The van der Waals surface area contributed by atoms with Gasteiger partial charge in [0, 0.05) is 17.7 Å². The van der Waals surface area contributed by atoms with Gasteiger partial charge in [0.05, 0.1) is 5.02 Å². The molecule has 2 heterocycles. The number of hydrogen-bond acceptors (Lipinski definition) is 4. The number of nitrogens with zero attached hydrogens (tertiary/aromatic N) is 1. The van der Waals surface area contributed by atoms with Crippen molar-refractivity contribution in [2.45, 2.75) is 17.0 Å². The topological polar surface area (TPSA) is 92.5 Å². The van der Waals surface area contributed by atoms with Crippen LogP contribution in [0.2, 0.25) is 5.02 Å². The van der Waals surface area contributed by atoms with E-state index >= 15 is 0 Å². The maximum absolute atomic E-state index is 12.9. The molecule has 1 amide bonds. The van der Waals surface area contributed by atoms with Crippen LogP contribution < -0.4 is 10.5 Å². The summed E-state index contributed by atoms with van der Waals surface area (Å²) in [5, 5.41) is 8.78. The highest BCUT2D eigenvalue weighted by Gasteiger charge is 2.52. The van der Waals surface area contributed by atoms with Crippen molar-refractivity contribution in [2.75, 3.05) is 13.1 Å². The molecule has 2 aliphatic rings. The van der Waals surface area contributed by atoms with E-state index in [0.717, 1.165) is 12.0 Å². The first kappa shape index (κ1) is 16.5. The fourth-order valence-electron chi connectivity index (χ4n) is 3.75. The quantitative estimate of drug-likeness (QED) is 0.832. The summed E-state index contributed by atoms with van der Waals surface area (Å²) in [5.74, 6) is -0.0742. The number of nitrogens with two attached hydrogens (primary N) is 1. The van der Waals surface area contributed by atoms with Gasteiger partial charge in [0.2, 0.25) is 10.0 Å². The first-order valence-corrected chi connectivity index (χ1v) is 9.77. The minimum absolute atomic E-state index is 0.0580. The third kappa shape index (κ3) is 2.31. The van der Waals surface area contributed by atoms with Gasteiger partial charge in [0.25, 0.3) is 5.91 Å². The first-order valence-electron chi connectivity index (χ1n) is 7.85. The third-order valence-electron chi connectivity index (χ3n) is 4.79. The van der Waals surface area contributed by atoms with Crippen LogP contribution in [-0.4, -0.2) is 32.3 Å². The van der Waals surface area contributed by atoms with Crippen LogP contribution in [0.25, 0.3) is 0 Å². The van der Waals surface area contributed by atoms with Gasteiger partial charge in [-0.25, -0.2) is 13.6 Å². The van der Waals surface area contributed by atoms with Gasteiger partial charge in [-0.15, -0.1) is 0 Å². The van der Waals surface area contributed by atoms with Crippen LogP contribution >= 0.6 is 11.6 Å². The smallest absolute Gasteiger partial charge is 0.256 e. The van der Waals surface area contributed by atoms with E-state index in [4.69, 9.17) is 16.7 Å². The standard InChI is InChI=1S/C17H16ClN3O3S/c18-14-7-6-11(10-15(14)25(19,23)24)17-13-5-2-1-4-12(13)16(22)21(17)9-3-8-20-17/h1-2,4-7,10,20H,3,8-9H2,(H2,19,23,24). The molecule has 1 saturated heterocycles. The Balaban J connectivity index is 2.01. The number of carbonyl (C=O) groups excluding carboxylic acids is 1. The van der Waals surface area contributed by atoms with E-state index in [1.165, 1.54) is 12.1 Å². The summed E-state index contributed by atoms with van der Waals surface area (Å²) in [6.07, 6.45) is 0.817. The molecule has 8 heteroatoms. The Labute approximate surface area is 150 Å². The molecule has 1 fully saturated rings. The van der Waals surface area contributed by atoms with E-state index in [1.807, 2.05) is 18.2 Å². The maximum atomic E-state index is 12.9. The van der Waals surface area contributed by atoms with Crippen molar-refractivity contribution >= 4 is 27.5 Å². The predicted molar refractivity (Wildman–Crippen MR) is 93.7 cm³/mol. The zero-order valence-electron chi connectivity index (χ0n) is 13.2. The van der Waals surface area contributed by atoms with Gasteiger partial charge in [-0.05, 0) is 36.7 Å². The van der Waals surface area contributed by atoms with Gasteiger partial charge in [0.15, 0.2) is 0 Å². The molecule has 0 aromatic heterocycles. The van der Waals surface area contributed by atoms with Crippen molar-refractivity contribution in [3.63, 3.8) is 0 Å². The molecule has 0 saturated carbocycles. The first-order chi connectivity index (χ1) is 11.9. The summed E-state index contributed by atoms with van der Waals surface area (Å²) in [7, 11) is -3.98. The highest BCUT2D eigenvalue weighted by Crippen LogP contribution is 2.44. The molecule has 0 aliphatic carbocycles. The van der Waals surface area contributed by atoms with E-state index < -0.39 is 15.7 Å². The van der Waals surface area contributed by atoms with Crippen LogP contribution in [0, 0.1) is 0 Å². The Morgan fingerprint density at radius 2 is 1.96 bits per heavy atom. The highest BCUT2D eigenvalue weighted by atomic mass is 35.5. The second kappa shape index (κ2) is 5.54. The molecule has 2 aromatic carbocycles. The van der Waals surface area contributed by atoms with Gasteiger partial charge in [0.1, 0.15) is 10.6 Å². The van der Waals surface area contributed by atoms with Crippen LogP contribution in [0.4, 0.5) is 0 Å². The monoisotopic (exact) mass is 377 g/mol. The average Bonchev–Trinajstić information content (AvgIpc) is 2.85. The van der Waals surface area contributed by atoms with Crippen LogP contribution in [0.1, 0.15) is 27.9 Å². The zero-order chi connectivity index (χ0) is 17.8. The van der Waals surface area contributed by atoms with E-state index in [2.05, 4.69) is 5.32 Å².